The molecule has 0 saturated heterocycles. The van der Waals surface area contributed by atoms with E-state index in [0.717, 1.165) is 0 Å². The highest BCUT2D eigenvalue weighted by molar-refractivity contribution is 6.60. The van der Waals surface area contributed by atoms with E-state index in [0.29, 0.717) is 0 Å². The summed E-state index contributed by atoms with van der Waals surface area (Å²) >= 11 is 0. The molecule has 0 unspecified atom stereocenters. The first-order chi connectivity index (χ1) is 28.7. The molecule has 41 heteroatoms. The lowest BCUT2D eigenvalue weighted by atomic mass is 10.4. The van der Waals surface area contributed by atoms with E-state index in [1.165, 1.54) is 0 Å². The highest BCUT2D eigenvalue weighted by atomic mass is 28.4. The molecule has 0 aromatic carbocycles. The molecular formula is C24H28F24O16Si. The average molecular weight is 1060 g/mol. The molecule has 0 heterocycles. The van der Waals surface area contributed by atoms with Crippen molar-refractivity contribution in [1.29, 1.82) is 0 Å². The fraction of sp³-hybridized carbons (Fsp3) is 1.00. The van der Waals surface area contributed by atoms with E-state index in [-0.39, 0.29) is 38.7 Å². The summed E-state index contributed by atoms with van der Waals surface area (Å²) in [5.41, 5.74) is 0. The smallest absolute Gasteiger partial charge is 0.387 e. The summed E-state index contributed by atoms with van der Waals surface area (Å²) in [6.07, 6.45) is -80.8. The molecule has 16 nitrogen and oxygen atoms in total. The van der Waals surface area contributed by atoms with Gasteiger partial charge in [0.2, 0.25) is 0 Å². The normalized spacial score (nSPS) is 15.3. The number of aliphatic hydroxyl groups is 1. The minimum absolute atomic E-state index is 0.0767. The van der Waals surface area contributed by atoms with Gasteiger partial charge in [0, 0.05) is 32.5 Å². The number of hydrogen-bond donors (Lipinski definition) is 1. The van der Waals surface area contributed by atoms with Gasteiger partial charge in [-0.3, -0.25) is 0 Å². The second kappa shape index (κ2) is 23.0. The van der Waals surface area contributed by atoms with E-state index < -0.39 is 104 Å². The van der Waals surface area contributed by atoms with Crippen LogP contribution in [0, 0.1) is 0 Å². The third kappa shape index (κ3) is 27.5. The van der Waals surface area contributed by atoms with Gasteiger partial charge in [-0.2, -0.15) is 17.6 Å². The minimum Gasteiger partial charge on any atom is -0.387 e. The number of rotatable bonds is 36. The predicted octanol–water partition coefficient (Wildman–Crippen LogP) is 8.70. The highest BCUT2D eigenvalue weighted by Crippen LogP contribution is 2.44. The summed E-state index contributed by atoms with van der Waals surface area (Å²) in [4.78, 5) is 0. The Hall–Kier alpha value is -2.10. The molecule has 0 saturated carbocycles. The van der Waals surface area contributed by atoms with Crippen molar-refractivity contribution in [1.82, 2.24) is 0 Å². The van der Waals surface area contributed by atoms with Gasteiger partial charge in [-0.05, 0) is 33.6 Å². The van der Waals surface area contributed by atoms with Gasteiger partial charge >= 0.3 is 84.0 Å². The summed E-state index contributed by atoms with van der Waals surface area (Å²) in [5.74, 6) is 0. The lowest BCUT2D eigenvalue weighted by Gasteiger charge is -2.30. The topological polar surface area (TPSA) is 159 Å². The van der Waals surface area contributed by atoms with Crippen molar-refractivity contribution in [3.8, 4) is 0 Å². The van der Waals surface area contributed by atoms with E-state index in [4.69, 9.17) is 18.4 Å². The number of ether oxygens (including phenoxy) is 12. The fourth-order valence-electron chi connectivity index (χ4n) is 3.60. The van der Waals surface area contributed by atoms with E-state index in [2.05, 4.69) is 18.9 Å². The number of unbranched alkanes of at least 4 members (excludes halogenated alkanes) is 1. The highest BCUT2D eigenvalue weighted by Gasteiger charge is 2.65. The number of halogens is 24. The van der Waals surface area contributed by atoms with Gasteiger partial charge in [-0.1, -0.05) is 0 Å². The van der Waals surface area contributed by atoms with Crippen LogP contribution in [0.5, 0.6) is 0 Å². The zero-order valence-electron chi connectivity index (χ0n) is 31.5. The maximum atomic E-state index is 13.8. The Morgan fingerprint density at radius 2 is 0.569 bits per heavy atom. The Bertz CT molecular complexity index is 1400. The number of aliphatic hydroxyl groups excluding tert-OH is 1. The predicted molar refractivity (Wildman–Crippen MR) is 144 cm³/mol. The Morgan fingerprint density at radius 1 is 0.338 bits per heavy atom. The Labute approximate surface area is 344 Å². The molecule has 0 aliphatic carbocycles. The van der Waals surface area contributed by atoms with Crippen LogP contribution in [-0.2, 0) is 70.1 Å². The van der Waals surface area contributed by atoms with Crippen LogP contribution in [0.15, 0.2) is 0 Å². The summed E-state index contributed by atoms with van der Waals surface area (Å²) in [5, 5.41) is 7.99. The second-order valence-electron chi connectivity index (χ2n) is 10.7. The molecule has 0 bridgehead atoms. The van der Waals surface area contributed by atoms with E-state index in [9.17, 15) is 105 Å². The molecule has 65 heavy (non-hydrogen) atoms. The van der Waals surface area contributed by atoms with Crippen molar-refractivity contribution in [2.75, 3.05) is 39.6 Å². The standard InChI is InChI=1S/C24H28F24O16Si/c1-4-51-65(52-5-2,53-6-3)10-8-7-9-50-12-14(27,28)55-16(31,32)57-18(35,36)59-20(39,40)61-22(43,44)63-24(47,48)64-23(45,46)62-21(41,42)60-19(37,38)58-17(33,34)56-15(29,30)54-13(25,26)11-49/h49H,4-12H2,1-3H3. The van der Waals surface area contributed by atoms with Gasteiger partial charge < -0.3 is 23.1 Å². The van der Waals surface area contributed by atoms with Crippen LogP contribution >= 0.6 is 0 Å². The van der Waals surface area contributed by atoms with Crippen molar-refractivity contribution < 1.29 is 181 Å². The molecule has 0 aliphatic heterocycles. The Balaban J connectivity index is 5.45. The van der Waals surface area contributed by atoms with Crippen molar-refractivity contribution in [3.63, 3.8) is 0 Å². The van der Waals surface area contributed by atoms with Crippen LogP contribution in [0.4, 0.5) is 105 Å². The van der Waals surface area contributed by atoms with Gasteiger partial charge in [0.15, 0.2) is 0 Å². The second-order valence-corrected chi connectivity index (χ2v) is 13.4. The molecule has 392 valence electrons. The Morgan fingerprint density at radius 3 is 0.800 bits per heavy atom. The first-order valence-electron chi connectivity index (χ1n) is 16.1. The first kappa shape index (κ1) is 62.9. The van der Waals surface area contributed by atoms with Crippen molar-refractivity contribution in [3.05, 3.63) is 0 Å². The maximum Gasteiger partial charge on any atom is 0.500 e. The largest absolute Gasteiger partial charge is 0.500 e. The summed E-state index contributed by atoms with van der Waals surface area (Å²) in [6.45, 7) is -0.477. The van der Waals surface area contributed by atoms with Crippen molar-refractivity contribution in [2.45, 2.75) is 115 Å². The maximum absolute atomic E-state index is 13.8. The summed E-state index contributed by atoms with van der Waals surface area (Å²) in [6, 6.07) is 0.0863. The molecule has 0 spiro atoms. The van der Waals surface area contributed by atoms with E-state index in [1.807, 2.05) is 9.47 Å². The average Bonchev–Trinajstić information content (AvgIpc) is 2.96. The van der Waals surface area contributed by atoms with Crippen molar-refractivity contribution >= 4 is 8.80 Å². The zero-order chi connectivity index (χ0) is 51.5. The van der Waals surface area contributed by atoms with Gasteiger partial charge in [0.25, 0.3) is 0 Å². The lowest BCUT2D eigenvalue weighted by molar-refractivity contribution is -0.652. The summed E-state index contributed by atoms with van der Waals surface area (Å²) in [7, 11) is -3.24. The van der Waals surface area contributed by atoms with Crippen LogP contribution in [0.25, 0.3) is 0 Å². The van der Waals surface area contributed by atoms with E-state index >= 15 is 0 Å². The van der Waals surface area contributed by atoms with Crippen molar-refractivity contribution in [2.24, 2.45) is 0 Å². The molecule has 0 rings (SSSR count). The van der Waals surface area contributed by atoms with Crippen LogP contribution in [0.1, 0.15) is 33.6 Å². The van der Waals surface area contributed by atoms with Crippen LogP contribution in [0.2, 0.25) is 6.04 Å². The first-order valence-corrected chi connectivity index (χ1v) is 18.0. The van der Waals surface area contributed by atoms with Gasteiger partial charge in [-0.25, -0.2) is 52.1 Å². The lowest BCUT2D eigenvalue weighted by Crippen LogP contribution is -2.50. The third-order valence-corrected chi connectivity index (χ3v) is 8.39. The van der Waals surface area contributed by atoms with Crippen LogP contribution in [-0.4, -0.2) is 129 Å². The van der Waals surface area contributed by atoms with Gasteiger partial charge in [0.1, 0.15) is 13.2 Å². The van der Waals surface area contributed by atoms with Gasteiger partial charge in [0.05, 0.1) is 0 Å². The SMILES string of the molecule is CCO[Si](CCCCOCC(F)(F)OC(F)(F)OC(F)(F)OC(F)(F)OC(F)(F)OC(F)(F)OC(F)(F)OC(F)(F)OC(F)(F)OC(F)(F)OC(F)(F)OC(F)(F)CO)(OCC)OCC. The molecule has 0 amide bonds. The number of hydrogen-bond acceptors (Lipinski definition) is 16. The molecule has 0 aromatic heterocycles. The molecule has 0 fully saturated rings. The van der Waals surface area contributed by atoms with Crippen LogP contribution < -0.4 is 0 Å². The molecular weight excluding hydrogens is 1030 g/mol. The zero-order valence-corrected chi connectivity index (χ0v) is 32.5. The molecule has 0 atom stereocenters. The molecule has 1 N–H and O–H groups in total. The Kier molecular flexibility index (Phi) is 22.3. The fourth-order valence-corrected chi connectivity index (χ4v) is 6.29. The van der Waals surface area contributed by atoms with E-state index in [1.54, 1.807) is 49.2 Å². The monoisotopic (exact) mass is 1060 g/mol. The van der Waals surface area contributed by atoms with Gasteiger partial charge in [-0.15, -0.1) is 87.8 Å². The third-order valence-electron chi connectivity index (χ3n) is 5.24. The summed E-state index contributed by atoms with van der Waals surface area (Å²) < 4.78 is 362. The minimum atomic E-state index is -7.24. The van der Waals surface area contributed by atoms with Crippen LogP contribution in [0.3, 0.4) is 0 Å². The molecule has 0 radical (unpaired) electrons. The quantitative estimate of drug-likeness (QED) is 0.0275. The number of alkyl halides is 24. The molecule has 0 aromatic rings. The molecule has 0 aliphatic rings.